The third kappa shape index (κ3) is 8.07. The van der Waals surface area contributed by atoms with Gasteiger partial charge >= 0.3 is 5.97 Å². The predicted molar refractivity (Wildman–Crippen MR) is 97.1 cm³/mol. The molecule has 1 aliphatic heterocycles. The number of carboxylic acids is 1. The zero-order valence-electron chi connectivity index (χ0n) is 16.1. The molecule has 0 aliphatic carbocycles. The molecule has 1 aliphatic rings. The van der Waals surface area contributed by atoms with E-state index < -0.39 is 36.2 Å². The molecular formula is C17H31N3O8. The largest absolute Gasteiger partial charge is 0.480 e. The maximum absolute atomic E-state index is 12.4. The van der Waals surface area contributed by atoms with E-state index in [9.17, 15) is 29.7 Å². The molecule has 6 N–H and O–H groups in total. The van der Waals surface area contributed by atoms with Gasteiger partial charge in [-0.2, -0.15) is 0 Å². The lowest BCUT2D eigenvalue weighted by Crippen LogP contribution is -2.49. The number of aliphatic hydroxyl groups excluding tert-OH is 3. The highest BCUT2D eigenvalue weighted by Crippen LogP contribution is 2.08. The Balaban J connectivity index is 2.86. The van der Waals surface area contributed by atoms with Gasteiger partial charge in [-0.15, -0.1) is 0 Å². The van der Waals surface area contributed by atoms with Gasteiger partial charge in [0.15, 0.2) is 0 Å². The Morgan fingerprint density at radius 1 is 1.07 bits per heavy atom. The number of hydrogen-bond donors (Lipinski definition) is 5. The molecule has 1 fully saturated rings. The van der Waals surface area contributed by atoms with Gasteiger partial charge in [0.25, 0.3) is 0 Å². The van der Waals surface area contributed by atoms with E-state index in [0.29, 0.717) is 19.4 Å². The maximum Gasteiger partial charge on any atom is 0.321 e. The third-order valence-electron chi connectivity index (χ3n) is 4.60. The Labute approximate surface area is 163 Å². The summed E-state index contributed by atoms with van der Waals surface area (Å²) in [5.41, 5.74) is 5.44. The third-order valence-corrected chi connectivity index (χ3v) is 4.60. The molecule has 0 saturated carbocycles. The minimum Gasteiger partial charge on any atom is -0.480 e. The highest BCUT2D eigenvalue weighted by atomic mass is 16.5. The Bertz CT molecular complexity index is 533. The van der Waals surface area contributed by atoms with E-state index in [4.69, 9.17) is 15.6 Å². The molecule has 0 aromatic rings. The summed E-state index contributed by atoms with van der Waals surface area (Å²) in [4.78, 5) is 37.9. The average Bonchev–Trinajstić information content (AvgIpc) is 2.63. The molecule has 1 saturated heterocycles. The predicted octanol–water partition coefficient (Wildman–Crippen LogP) is -2.64. The van der Waals surface area contributed by atoms with Gasteiger partial charge in [0.2, 0.25) is 11.8 Å². The van der Waals surface area contributed by atoms with Crippen molar-refractivity contribution in [1.82, 2.24) is 9.80 Å². The monoisotopic (exact) mass is 405 g/mol. The highest BCUT2D eigenvalue weighted by Gasteiger charge is 2.28. The number of nitrogens with zero attached hydrogens (tertiary/aromatic N) is 2. The Morgan fingerprint density at radius 2 is 1.71 bits per heavy atom. The van der Waals surface area contributed by atoms with Crippen LogP contribution in [-0.2, 0) is 19.1 Å². The molecule has 11 heteroatoms. The molecule has 2 amide bonds. The van der Waals surface area contributed by atoms with Crippen molar-refractivity contribution in [3.05, 3.63) is 0 Å². The lowest BCUT2D eigenvalue weighted by atomic mass is 10.1. The molecule has 0 aromatic carbocycles. The number of carboxylic acid groups (broad SMARTS) is 1. The van der Waals surface area contributed by atoms with Crippen molar-refractivity contribution in [1.29, 1.82) is 0 Å². The van der Waals surface area contributed by atoms with E-state index in [1.807, 2.05) is 0 Å². The van der Waals surface area contributed by atoms with E-state index in [2.05, 4.69) is 0 Å². The van der Waals surface area contributed by atoms with Gasteiger partial charge in [-0.05, 0) is 12.8 Å². The van der Waals surface area contributed by atoms with Crippen molar-refractivity contribution in [3.63, 3.8) is 0 Å². The fraction of sp³-hybridized carbons (Fsp3) is 0.824. The number of β-amino-alcohol motifs (C(OH)–C–C–N with tert-alkyl or cyclic N) is 1. The van der Waals surface area contributed by atoms with Gasteiger partial charge in [0.1, 0.15) is 24.4 Å². The molecule has 4 atom stereocenters. The number of ether oxygens (including phenoxy) is 1. The van der Waals surface area contributed by atoms with Crippen molar-refractivity contribution in [2.75, 3.05) is 39.4 Å². The summed E-state index contributed by atoms with van der Waals surface area (Å²) in [5.74, 6) is -2.09. The number of amides is 2. The zero-order valence-corrected chi connectivity index (χ0v) is 16.1. The maximum atomic E-state index is 12.4. The zero-order chi connectivity index (χ0) is 21.3. The van der Waals surface area contributed by atoms with Gasteiger partial charge in [0, 0.05) is 39.7 Å². The van der Waals surface area contributed by atoms with Gasteiger partial charge in [0.05, 0.1) is 13.0 Å². The van der Waals surface area contributed by atoms with Crippen LogP contribution in [0.25, 0.3) is 0 Å². The normalized spacial score (nSPS) is 27.0. The molecule has 0 spiro atoms. The lowest BCUT2D eigenvalue weighted by Gasteiger charge is -2.31. The van der Waals surface area contributed by atoms with Gasteiger partial charge in [-0.1, -0.05) is 0 Å². The van der Waals surface area contributed by atoms with Gasteiger partial charge < -0.3 is 40.7 Å². The molecule has 162 valence electrons. The van der Waals surface area contributed by atoms with Crippen LogP contribution in [0.15, 0.2) is 0 Å². The minimum absolute atomic E-state index is 0.0831. The fourth-order valence-corrected chi connectivity index (χ4v) is 2.78. The topological polar surface area (TPSA) is 174 Å². The number of carbonyl (C=O) groups is 3. The summed E-state index contributed by atoms with van der Waals surface area (Å²) in [6.07, 6.45) is -3.40. The summed E-state index contributed by atoms with van der Waals surface area (Å²) in [6.45, 7) is 1.70. The number of nitrogens with two attached hydrogens (primary N) is 1. The van der Waals surface area contributed by atoms with E-state index in [1.54, 1.807) is 0 Å². The fourth-order valence-electron chi connectivity index (χ4n) is 2.78. The molecule has 28 heavy (non-hydrogen) atoms. The van der Waals surface area contributed by atoms with Crippen molar-refractivity contribution in [2.45, 2.75) is 50.5 Å². The van der Waals surface area contributed by atoms with Gasteiger partial charge in [-0.3, -0.25) is 14.4 Å². The van der Waals surface area contributed by atoms with Gasteiger partial charge in [-0.25, -0.2) is 0 Å². The Hall–Kier alpha value is -1.79. The van der Waals surface area contributed by atoms with Crippen molar-refractivity contribution in [3.8, 4) is 0 Å². The summed E-state index contributed by atoms with van der Waals surface area (Å²) >= 11 is 0. The van der Waals surface area contributed by atoms with Crippen LogP contribution in [-0.4, -0.2) is 112 Å². The van der Waals surface area contributed by atoms with Crippen LogP contribution >= 0.6 is 0 Å². The Kier molecular flexibility index (Phi) is 10.3. The first-order valence-electron chi connectivity index (χ1n) is 9.27. The summed E-state index contributed by atoms with van der Waals surface area (Å²) in [7, 11) is 0. The summed E-state index contributed by atoms with van der Waals surface area (Å²) < 4.78 is 5.27. The van der Waals surface area contributed by atoms with E-state index in [-0.39, 0.29) is 45.2 Å². The second-order valence-corrected chi connectivity index (χ2v) is 6.90. The van der Waals surface area contributed by atoms with E-state index in [0.717, 1.165) is 0 Å². The van der Waals surface area contributed by atoms with Crippen LogP contribution < -0.4 is 5.73 Å². The van der Waals surface area contributed by atoms with E-state index in [1.165, 1.54) is 16.7 Å². The molecule has 1 heterocycles. The SMILES string of the molecule is CC(=O)N1CCN(C(=O)C[C@H](N)C(=O)O)CCCCOC[C@@H](O)[C@H](O)[C@@H](O)C1. The number of aliphatic hydroxyl groups is 3. The molecule has 0 radical (unpaired) electrons. The second-order valence-electron chi connectivity index (χ2n) is 6.90. The van der Waals surface area contributed by atoms with Crippen molar-refractivity contribution < 1.29 is 39.5 Å². The molecule has 0 bridgehead atoms. The smallest absolute Gasteiger partial charge is 0.321 e. The standard InChI is InChI=1S/C17H31N3O8/c1-11(21)20-6-5-19(15(24)8-12(18)17(26)27)4-2-3-7-28-10-14(23)16(25)13(22)9-20/h12-14,16,22-23,25H,2-10,18H2,1H3,(H,26,27)/t12-,13-,14+,16+/m0/s1. The summed E-state index contributed by atoms with van der Waals surface area (Å²) in [5, 5.41) is 38.9. The number of aliphatic carboxylic acids is 1. The number of carbonyl (C=O) groups excluding carboxylic acids is 2. The summed E-state index contributed by atoms with van der Waals surface area (Å²) in [6, 6.07) is -1.31. The molecule has 0 aromatic heterocycles. The Morgan fingerprint density at radius 3 is 2.32 bits per heavy atom. The van der Waals surface area contributed by atoms with Crippen molar-refractivity contribution >= 4 is 17.8 Å². The quantitative estimate of drug-likeness (QED) is 0.336. The van der Waals surface area contributed by atoms with Crippen LogP contribution in [0.1, 0.15) is 26.2 Å². The molecule has 0 unspecified atom stereocenters. The van der Waals surface area contributed by atoms with E-state index >= 15 is 0 Å². The van der Waals surface area contributed by atoms with Crippen LogP contribution in [0.3, 0.4) is 0 Å². The molecule has 11 nitrogen and oxygen atoms in total. The lowest BCUT2D eigenvalue weighted by molar-refractivity contribution is -0.143. The number of hydrogen-bond acceptors (Lipinski definition) is 8. The highest BCUT2D eigenvalue weighted by molar-refractivity contribution is 5.84. The van der Waals surface area contributed by atoms with Crippen LogP contribution in [0.5, 0.6) is 0 Å². The molecule has 1 rings (SSSR count). The first kappa shape index (κ1) is 24.2. The average molecular weight is 405 g/mol. The minimum atomic E-state index is -1.49. The second kappa shape index (κ2) is 11.9. The van der Waals surface area contributed by atoms with Crippen LogP contribution in [0.2, 0.25) is 0 Å². The van der Waals surface area contributed by atoms with Crippen molar-refractivity contribution in [2.24, 2.45) is 5.73 Å². The first-order valence-corrected chi connectivity index (χ1v) is 9.27. The first-order chi connectivity index (χ1) is 13.1. The molecular weight excluding hydrogens is 374 g/mol. The number of rotatable bonds is 3. The van der Waals surface area contributed by atoms with Crippen LogP contribution in [0.4, 0.5) is 0 Å². The van der Waals surface area contributed by atoms with Crippen LogP contribution in [0, 0.1) is 0 Å².